The summed E-state index contributed by atoms with van der Waals surface area (Å²) in [6.07, 6.45) is 3.87. The number of hydrazine groups is 1. The summed E-state index contributed by atoms with van der Waals surface area (Å²) in [5, 5.41) is 5.22. The van der Waals surface area contributed by atoms with Gasteiger partial charge in [-0.15, -0.1) is 11.8 Å². The molecule has 2 aliphatic rings. The number of amides is 3. The number of hydrogen-bond acceptors (Lipinski definition) is 6. The third kappa shape index (κ3) is 4.85. The van der Waals surface area contributed by atoms with Crippen molar-refractivity contribution in [1.82, 2.24) is 16.1 Å². The van der Waals surface area contributed by atoms with Crippen LogP contribution in [-0.4, -0.2) is 47.6 Å². The van der Waals surface area contributed by atoms with Crippen molar-refractivity contribution in [3.05, 3.63) is 0 Å². The average molecular weight is 330 g/mol. The molecular formula is C13H22N4O4S. The SMILES string of the molecule is NNC(=O)[C@H](CS[C@H]1CCCCO1)NC(=O)[C@@H]1CCC(=O)N1. The Kier molecular flexibility index (Phi) is 6.47. The first-order chi connectivity index (χ1) is 10.6. The molecule has 0 aromatic carbocycles. The van der Waals surface area contributed by atoms with Crippen molar-refractivity contribution < 1.29 is 19.1 Å². The van der Waals surface area contributed by atoms with Crippen LogP contribution < -0.4 is 21.9 Å². The first-order valence-electron chi connectivity index (χ1n) is 7.43. The van der Waals surface area contributed by atoms with Crippen LogP contribution in [-0.2, 0) is 19.1 Å². The van der Waals surface area contributed by atoms with Gasteiger partial charge < -0.3 is 15.4 Å². The molecule has 2 aliphatic heterocycles. The topological polar surface area (TPSA) is 123 Å². The van der Waals surface area contributed by atoms with E-state index < -0.39 is 18.0 Å². The molecule has 5 N–H and O–H groups in total. The fourth-order valence-electron chi connectivity index (χ4n) is 2.41. The van der Waals surface area contributed by atoms with Gasteiger partial charge in [0.2, 0.25) is 11.8 Å². The Labute approximate surface area is 133 Å². The monoisotopic (exact) mass is 330 g/mol. The van der Waals surface area contributed by atoms with Gasteiger partial charge in [-0.05, 0) is 25.7 Å². The van der Waals surface area contributed by atoms with Gasteiger partial charge in [0, 0.05) is 18.8 Å². The van der Waals surface area contributed by atoms with Gasteiger partial charge in [0.1, 0.15) is 17.5 Å². The second-order valence-corrected chi connectivity index (χ2v) is 6.55. The van der Waals surface area contributed by atoms with Crippen LogP contribution in [0.4, 0.5) is 0 Å². The van der Waals surface area contributed by atoms with Crippen LogP contribution >= 0.6 is 11.8 Å². The summed E-state index contributed by atoms with van der Waals surface area (Å²) in [5.41, 5.74) is 2.11. The lowest BCUT2D eigenvalue weighted by Gasteiger charge is -2.25. The van der Waals surface area contributed by atoms with Crippen LogP contribution in [0, 0.1) is 0 Å². The molecule has 22 heavy (non-hydrogen) atoms. The molecule has 0 spiro atoms. The van der Waals surface area contributed by atoms with Crippen LogP contribution in [0.1, 0.15) is 32.1 Å². The van der Waals surface area contributed by atoms with E-state index in [1.165, 1.54) is 11.8 Å². The molecule has 8 nitrogen and oxygen atoms in total. The number of ether oxygens (including phenoxy) is 1. The molecule has 0 saturated carbocycles. The summed E-state index contributed by atoms with van der Waals surface area (Å²) in [6.45, 7) is 0.728. The minimum atomic E-state index is -0.745. The van der Waals surface area contributed by atoms with E-state index in [4.69, 9.17) is 10.6 Å². The molecule has 9 heteroatoms. The normalized spacial score (nSPS) is 26.1. The van der Waals surface area contributed by atoms with Crippen molar-refractivity contribution in [3.8, 4) is 0 Å². The summed E-state index contributed by atoms with van der Waals surface area (Å²) < 4.78 is 5.59. The zero-order chi connectivity index (χ0) is 15.9. The fraction of sp³-hybridized carbons (Fsp3) is 0.769. The van der Waals surface area contributed by atoms with Gasteiger partial charge in [0.05, 0.1) is 0 Å². The van der Waals surface area contributed by atoms with Gasteiger partial charge in [0.25, 0.3) is 5.91 Å². The van der Waals surface area contributed by atoms with Crippen LogP contribution in [0.25, 0.3) is 0 Å². The molecule has 0 unspecified atom stereocenters. The van der Waals surface area contributed by atoms with Gasteiger partial charge >= 0.3 is 0 Å². The number of carbonyl (C=O) groups is 3. The molecule has 3 amide bonds. The summed E-state index contributed by atoms with van der Waals surface area (Å²) in [7, 11) is 0. The third-order valence-electron chi connectivity index (χ3n) is 3.67. The van der Waals surface area contributed by atoms with E-state index in [-0.39, 0.29) is 17.3 Å². The van der Waals surface area contributed by atoms with Crippen LogP contribution in [0.15, 0.2) is 0 Å². The molecule has 2 rings (SSSR count). The van der Waals surface area contributed by atoms with Crippen molar-refractivity contribution in [2.75, 3.05) is 12.4 Å². The minimum Gasteiger partial charge on any atom is -0.368 e. The Morgan fingerprint density at radius 1 is 1.41 bits per heavy atom. The maximum Gasteiger partial charge on any atom is 0.257 e. The number of thioether (sulfide) groups is 1. The lowest BCUT2D eigenvalue weighted by Crippen LogP contribution is -2.54. The lowest BCUT2D eigenvalue weighted by atomic mass is 10.2. The van der Waals surface area contributed by atoms with E-state index in [9.17, 15) is 14.4 Å². The van der Waals surface area contributed by atoms with Crippen LogP contribution in [0.2, 0.25) is 0 Å². The van der Waals surface area contributed by atoms with Crippen molar-refractivity contribution in [2.45, 2.75) is 49.6 Å². The Bertz CT molecular complexity index is 428. The van der Waals surface area contributed by atoms with E-state index in [1.807, 2.05) is 0 Å². The second kappa shape index (κ2) is 8.35. The standard InChI is InChI=1S/C13H22N4O4S/c14-17-13(20)9(7-22-11-3-1-2-6-21-11)16-12(19)8-4-5-10(18)15-8/h8-9,11H,1-7,14H2,(H,15,18)(H,16,19)(H,17,20)/t8-,9-,11-/m0/s1. The first-order valence-corrected chi connectivity index (χ1v) is 8.48. The smallest absolute Gasteiger partial charge is 0.257 e. The van der Waals surface area contributed by atoms with Crippen molar-refractivity contribution in [2.24, 2.45) is 5.84 Å². The zero-order valence-electron chi connectivity index (χ0n) is 12.3. The molecule has 0 radical (unpaired) electrons. The minimum absolute atomic E-state index is 0.0462. The number of rotatable bonds is 6. The molecule has 2 fully saturated rings. The Morgan fingerprint density at radius 3 is 2.82 bits per heavy atom. The summed E-state index contributed by atoms with van der Waals surface area (Å²) in [4.78, 5) is 35.0. The number of nitrogens with one attached hydrogen (secondary N) is 3. The van der Waals surface area contributed by atoms with Crippen LogP contribution in [0.5, 0.6) is 0 Å². The number of carbonyl (C=O) groups excluding carboxylic acids is 3. The average Bonchev–Trinajstić information content (AvgIpc) is 2.98. The maximum absolute atomic E-state index is 12.1. The highest BCUT2D eigenvalue weighted by Crippen LogP contribution is 2.23. The summed E-state index contributed by atoms with van der Waals surface area (Å²) in [5.74, 6) is 4.58. The quantitative estimate of drug-likeness (QED) is 0.281. The molecule has 0 bridgehead atoms. The van der Waals surface area contributed by atoms with Gasteiger partial charge in [-0.1, -0.05) is 0 Å². The summed E-state index contributed by atoms with van der Waals surface area (Å²) in [6, 6.07) is -1.32. The van der Waals surface area contributed by atoms with E-state index in [2.05, 4.69) is 16.1 Å². The van der Waals surface area contributed by atoms with Crippen molar-refractivity contribution in [1.29, 1.82) is 0 Å². The molecule has 0 aliphatic carbocycles. The van der Waals surface area contributed by atoms with Crippen LogP contribution in [0.3, 0.4) is 0 Å². The fourth-order valence-corrected chi connectivity index (χ4v) is 3.58. The second-order valence-electron chi connectivity index (χ2n) is 5.36. The highest BCUT2D eigenvalue weighted by atomic mass is 32.2. The molecule has 2 heterocycles. The van der Waals surface area contributed by atoms with Gasteiger partial charge in [-0.25, -0.2) is 5.84 Å². The molecular weight excluding hydrogens is 308 g/mol. The summed E-state index contributed by atoms with van der Waals surface area (Å²) >= 11 is 1.49. The van der Waals surface area contributed by atoms with E-state index in [0.29, 0.717) is 18.6 Å². The molecule has 3 atom stereocenters. The number of nitrogens with two attached hydrogens (primary N) is 1. The van der Waals surface area contributed by atoms with Gasteiger partial charge in [0.15, 0.2) is 0 Å². The molecule has 2 saturated heterocycles. The molecule has 0 aromatic heterocycles. The lowest BCUT2D eigenvalue weighted by molar-refractivity contribution is -0.130. The number of hydrogen-bond donors (Lipinski definition) is 4. The van der Waals surface area contributed by atoms with E-state index in [0.717, 1.165) is 25.9 Å². The molecule has 124 valence electrons. The van der Waals surface area contributed by atoms with E-state index >= 15 is 0 Å². The Morgan fingerprint density at radius 2 is 2.23 bits per heavy atom. The first kappa shape index (κ1) is 17.0. The van der Waals surface area contributed by atoms with E-state index in [1.54, 1.807) is 0 Å². The van der Waals surface area contributed by atoms with Crippen molar-refractivity contribution in [3.63, 3.8) is 0 Å². The van der Waals surface area contributed by atoms with Gasteiger partial charge in [-0.2, -0.15) is 0 Å². The zero-order valence-corrected chi connectivity index (χ0v) is 13.1. The predicted molar refractivity (Wildman–Crippen MR) is 81.5 cm³/mol. The maximum atomic E-state index is 12.1. The van der Waals surface area contributed by atoms with Crippen molar-refractivity contribution >= 4 is 29.5 Å². The Balaban J connectivity index is 1.84. The van der Waals surface area contributed by atoms with Gasteiger partial charge in [-0.3, -0.25) is 19.8 Å². The highest BCUT2D eigenvalue weighted by Gasteiger charge is 2.30. The largest absolute Gasteiger partial charge is 0.368 e. The predicted octanol–water partition coefficient (Wildman–Crippen LogP) is -1.00. The molecule has 0 aromatic rings. The highest BCUT2D eigenvalue weighted by molar-refractivity contribution is 7.99. The third-order valence-corrected chi connectivity index (χ3v) is 4.94. The Hall–Kier alpha value is -1.32.